The number of H-pyrrole nitrogens is 1. The zero-order valence-electron chi connectivity index (χ0n) is 17.7. The van der Waals surface area contributed by atoms with Crippen LogP contribution in [0.25, 0.3) is 11.4 Å². The molecule has 0 bridgehead atoms. The number of hydrogen-bond acceptors (Lipinski definition) is 5. The fraction of sp³-hybridized carbons (Fsp3) is 0.304. The van der Waals surface area contributed by atoms with Gasteiger partial charge in [-0.3, -0.25) is 14.7 Å². The molecule has 32 heavy (non-hydrogen) atoms. The Kier molecular flexibility index (Phi) is 6.44. The van der Waals surface area contributed by atoms with Gasteiger partial charge in [-0.25, -0.2) is 9.37 Å². The average Bonchev–Trinajstić information content (AvgIpc) is 3.32. The molecule has 166 valence electrons. The van der Waals surface area contributed by atoms with E-state index in [0.29, 0.717) is 36.7 Å². The van der Waals surface area contributed by atoms with Gasteiger partial charge in [0.25, 0.3) is 5.91 Å². The lowest BCUT2D eigenvalue weighted by Gasteiger charge is -2.32. The monoisotopic (exact) mass is 437 g/mol. The molecule has 3 aromatic rings. The predicted molar refractivity (Wildman–Crippen MR) is 115 cm³/mol. The van der Waals surface area contributed by atoms with Gasteiger partial charge in [-0.2, -0.15) is 5.10 Å². The van der Waals surface area contributed by atoms with E-state index >= 15 is 0 Å². The number of nitrogens with one attached hydrogen (secondary N) is 2. The normalized spacial score (nSPS) is 15.9. The van der Waals surface area contributed by atoms with E-state index in [4.69, 9.17) is 4.74 Å². The van der Waals surface area contributed by atoms with Crippen LogP contribution in [0.3, 0.4) is 0 Å². The smallest absolute Gasteiger partial charge is 0.253 e. The lowest BCUT2D eigenvalue weighted by Crippen LogP contribution is -2.45. The number of likely N-dealkylation sites (tertiary alicyclic amines) is 1. The molecule has 9 heteroatoms. The van der Waals surface area contributed by atoms with Crippen molar-refractivity contribution in [1.29, 1.82) is 0 Å². The van der Waals surface area contributed by atoms with Crippen LogP contribution in [-0.2, 0) is 11.3 Å². The molecule has 0 saturated carbocycles. The second kappa shape index (κ2) is 9.59. The van der Waals surface area contributed by atoms with Gasteiger partial charge in [0.15, 0.2) is 5.82 Å². The number of nitrogens with zero attached hydrogens (tertiary/aromatic N) is 3. The molecule has 8 nitrogen and oxygen atoms in total. The molecule has 1 saturated heterocycles. The SMILES string of the molecule is COc1ccc(-c2n[nH]c(CNC(=O)C3CCCN(C(=O)c4ccc(F)cc4)C3)n2)cc1. The highest BCUT2D eigenvalue weighted by Crippen LogP contribution is 2.20. The molecular formula is C23H24FN5O3. The van der Waals surface area contributed by atoms with Crippen LogP contribution >= 0.6 is 0 Å². The molecule has 2 aromatic carbocycles. The minimum atomic E-state index is -0.389. The molecule has 1 atom stereocenters. The van der Waals surface area contributed by atoms with Gasteiger partial charge in [0, 0.05) is 24.2 Å². The van der Waals surface area contributed by atoms with Gasteiger partial charge < -0.3 is 15.0 Å². The number of carbonyl (C=O) groups excluding carboxylic acids is 2. The average molecular weight is 437 g/mol. The van der Waals surface area contributed by atoms with Crippen molar-refractivity contribution in [1.82, 2.24) is 25.4 Å². The van der Waals surface area contributed by atoms with Crippen LogP contribution in [0.4, 0.5) is 4.39 Å². The summed E-state index contributed by atoms with van der Waals surface area (Å²) in [7, 11) is 1.60. The van der Waals surface area contributed by atoms with Gasteiger partial charge in [0.1, 0.15) is 17.4 Å². The standard InChI is InChI=1S/C23H24FN5O3/c1-32-19-10-6-15(7-11-19)21-26-20(27-28-21)13-25-22(30)17-3-2-12-29(14-17)23(31)16-4-8-18(24)9-5-16/h4-11,17H,2-3,12-14H2,1H3,(H,25,30)(H,26,27,28). The third-order valence-corrected chi connectivity index (χ3v) is 5.48. The molecule has 1 unspecified atom stereocenters. The number of halogens is 1. The number of piperidine rings is 1. The van der Waals surface area contributed by atoms with E-state index in [1.54, 1.807) is 12.0 Å². The van der Waals surface area contributed by atoms with E-state index in [1.807, 2.05) is 24.3 Å². The van der Waals surface area contributed by atoms with Crippen LogP contribution < -0.4 is 10.1 Å². The van der Waals surface area contributed by atoms with E-state index < -0.39 is 0 Å². The Balaban J connectivity index is 1.32. The van der Waals surface area contributed by atoms with Crippen molar-refractivity contribution in [3.8, 4) is 17.1 Å². The number of methoxy groups -OCH3 is 1. The van der Waals surface area contributed by atoms with Crippen LogP contribution in [0.5, 0.6) is 5.75 Å². The van der Waals surface area contributed by atoms with Crippen molar-refractivity contribution in [3.63, 3.8) is 0 Å². The Morgan fingerprint density at radius 1 is 1.19 bits per heavy atom. The maximum absolute atomic E-state index is 13.1. The first-order valence-electron chi connectivity index (χ1n) is 10.4. The Bertz CT molecular complexity index is 1080. The first kappa shape index (κ1) is 21.5. The highest BCUT2D eigenvalue weighted by atomic mass is 19.1. The predicted octanol–water partition coefficient (Wildman–Crippen LogP) is 2.79. The summed E-state index contributed by atoms with van der Waals surface area (Å²) >= 11 is 0. The topological polar surface area (TPSA) is 100 Å². The van der Waals surface area contributed by atoms with E-state index in [2.05, 4.69) is 20.5 Å². The van der Waals surface area contributed by atoms with E-state index in [9.17, 15) is 14.0 Å². The molecule has 0 radical (unpaired) electrons. The van der Waals surface area contributed by atoms with Crippen LogP contribution in [0.1, 0.15) is 29.0 Å². The highest BCUT2D eigenvalue weighted by molar-refractivity contribution is 5.94. The summed E-state index contributed by atoms with van der Waals surface area (Å²) in [4.78, 5) is 31.4. The molecule has 2 N–H and O–H groups in total. The molecule has 1 aliphatic rings. The minimum absolute atomic E-state index is 0.135. The summed E-state index contributed by atoms with van der Waals surface area (Å²) in [6.45, 7) is 1.12. The second-order valence-electron chi connectivity index (χ2n) is 7.65. The van der Waals surface area contributed by atoms with Gasteiger partial charge in [-0.15, -0.1) is 0 Å². The number of aromatic nitrogens is 3. The molecule has 1 aromatic heterocycles. The number of carbonyl (C=O) groups is 2. The lowest BCUT2D eigenvalue weighted by molar-refractivity contribution is -0.126. The summed E-state index contributed by atoms with van der Waals surface area (Å²) in [6, 6.07) is 12.8. The Morgan fingerprint density at radius 3 is 2.66 bits per heavy atom. The molecule has 0 spiro atoms. The van der Waals surface area contributed by atoms with E-state index in [0.717, 1.165) is 17.7 Å². The van der Waals surface area contributed by atoms with Crippen LogP contribution in [-0.4, -0.2) is 52.1 Å². The van der Waals surface area contributed by atoms with Crippen molar-refractivity contribution < 1.29 is 18.7 Å². The van der Waals surface area contributed by atoms with Crippen molar-refractivity contribution in [2.45, 2.75) is 19.4 Å². The fourth-order valence-electron chi connectivity index (χ4n) is 3.71. The quantitative estimate of drug-likeness (QED) is 0.618. The number of aromatic amines is 1. The third-order valence-electron chi connectivity index (χ3n) is 5.48. The van der Waals surface area contributed by atoms with E-state index in [1.165, 1.54) is 24.3 Å². The largest absolute Gasteiger partial charge is 0.497 e. The maximum atomic E-state index is 13.1. The lowest BCUT2D eigenvalue weighted by atomic mass is 9.96. The molecule has 1 fully saturated rings. The van der Waals surface area contributed by atoms with Gasteiger partial charge >= 0.3 is 0 Å². The van der Waals surface area contributed by atoms with Crippen molar-refractivity contribution in [2.75, 3.05) is 20.2 Å². The fourth-order valence-corrected chi connectivity index (χ4v) is 3.71. The first-order valence-corrected chi connectivity index (χ1v) is 10.4. The Morgan fingerprint density at radius 2 is 1.94 bits per heavy atom. The van der Waals surface area contributed by atoms with Gasteiger partial charge in [-0.05, 0) is 61.4 Å². The first-order chi connectivity index (χ1) is 15.5. The Hall–Kier alpha value is -3.75. The number of rotatable bonds is 6. The summed E-state index contributed by atoms with van der Waals surface area (Å²) in [6.07, 6.45) is 1.43. The number of ether oxygens (including phenoxy) is 1. The molecule has 1 aliphatic heterocycles. The van der Waals surface area contributed by atoms with Crippen molar-refractivity contribution in [2.24, 2.45) is 5.92 Å². The van der Waals surface area contributed by atoms with Crippen molar-refractivity contribution in [3.05, 3.63) is 65.7 Å². The van der Waals surface area contributed by atoms with E-state index in [-0.39, 0.29) is 30.1 Å². The summed E-state index contributed by atoms with van der Waals surface area (Å²) < 4.78 is 18.3. The van der Waals surface area contributed by atoms with Crippen LogP contribution in [0.15, 0.2) is 48.5 Å². The highest BCUT2D eigenvalue weighted by Gasteiger charge is 2.29. The van der Waals surface area contributed by atoms with Crippen molar-refractivity contribution >= 4 is 11.8 Å². The second-order valence-corrected chi connectivity index (χ2v) is 7.65. The molecule has 2 heterocycles. The minimum Gasteiger partial charge on any atom is -0.497 e. The summed E-state index contributed by atoms with van der Waals surface area (Å²) in [5, 5.41) is 9.92. The number of hydrogen-bond donors (Lipinski definition) is 2. The third kappa shape index (κ3) is 4.93. The van der Waals surface area contributed by atoms with Gasteiger partial charge in [0.05, 0.1) is 19.6 Å². The zero-order chi connectivity index (χ0) is 22.5. The number of benzene rings is 2. The molecule has 2 amide bonds. The maximum Gasteiger partial charge on any atom is 0.253 e. The van der Waals surface area contributed by atoms with Gasteiger partial charge in [-0.1, -0.05) is 0 Å². The van der Waals surface area contributed by atoms with Gasteiger partial charge in [0.2, 0.25) is 5.91 Å². The molecule has 0 aliphatic carbocycles. The van der Waals surface area contributed by atoms with Crippen LogP contribution in [0, 0.1) is 11.7 Å². The number of amides is 2. The summed E-state index contributed by atoms with van der Waals surface area (Å²) in [5.41, 5.74) is 1.25. The Labute approximate surface area is 184 Å². The van der Waals surface area contributed by atoms with Crippen LogP contribution in [0.2, 0.25) is 0 Å². The summed E-state index contributed by atoms with van der Waals surface area (Å²) in [5.74, 6) is 0.795. The zero-order valence-corrected chi connectivity index (χ0v) is 17.7. The molecule has 4 rings (SSSR count). The molecular weight excluding hydrogens is 413 g/mol.